The summed E-state index contributed by atoms with van der Waals surface area (Å²) in [6.45, 7) is 0.901. The zero-order chi connectivity index (χ0) is 20.2. The number of hydrogen-bond donors (Lipinski definition) is 1. The zero-order valence-corrected chi connectivity index (χ0v) is 15.5. The minimum Gasteiger partial charge on any atom is -0.423 e. The number of halogens is 1. The van der Waals surface area contributed by atoms with Gasteiger partial charge in [0.15, 0.2) is 0 Å². The maximum absolute atomic E-state index is 13.1. The highest BCUT2D eigenvalue weighted by Gasteiger charge is 2.29. The molecule has 8 heteroatoms. The number of benzene rings is 2. The van der Waals surface area contributed by atoms with E-state index in [0.29, 0.717) is 42.2 Å². The Morgan fingerprint density at radius 1 is 1.17 bits per heavy atom. The van der Waals surface area contributed by atoms with Crippen molar-refractivity contribution in [1.29, 1.82) is 0 Å². The molecule has 0 radical (unpaired) electrons. The van der Waals surface area contributed by atoms with Gasteiger partial charge < -0.3 is 14.6 Å². The first-order chi connectivity index (χ1) is 14.1. The van der Waals surface area contributed by atoms with E-state index in [0.717, 1.165) is 6.42 Å². The summed E-state index contributed by atoms with van der Waals surface area (Å²) in [5, 5.41) is 10.4. The van der Waals surface area contributed by atoms with Crippen molar-refractivity contribution in [1.82, 2.24) is 15.1 Å². The number of piperidine rings is 1. The molecule has 2 aromatic carbocycles. The molecule has 1 aliphatic rings. The summed E-state index contributed by atoms with van der Waals surface area (Å²) in [5.41, 5.74) is 1.74. The molecule has 0 aliphatic carbocycles. The lowest BCUT2D eigenvalue weighted by atomic mass is 9.96. The Labute approximate surface area is 166 Å². The summed E-state index contributed by atoms with van der Waals surface area (Å²) in [5.74, 6) is -0.680. The quantitative estimate of drug-likeness (QED) is 0.733. The summed E-state index contributed by atoms with van der Waals surface area (Å²) >= 11 is 0. The summed E-state index contributed by atoms with van der Waals surface area (Å²) in [6.07, 6.45) is 2.67. The Kier molecular flexibility index (Phi) is 5.33. The molecule has 1 atom stereocenters. The van der Waals surface area contributed by atoms with Crippen LogP contribution in [-0.2, 0) is 4.79 Å². The third kappa shape index (κ3) is 4.31. The number of carbonyl (C=O) groups is 2. The van der Waals surface area contributed by atoms with Crippen LogP contribution in [0, 0.1) is 11.7 Å². The largest absolute Gasteiger partial charge is 0.423 e. The van der Waals surface area contributed by atoms with Crippen LogP contribution >= 0.6 is 0 Å². The van der Waals surface area contributed by atoms with Gasteiger partial charge in [0, 0.05) is 29.9 Å². The second kappa shape index (κ2) is 8.22. The van der Waals surface area contributed by atoms with Crippen molar-refractivity contribution >= 4 is 17.5 Å². The lowest BCUT2D eigenvalue weighted by molar-refractivity contribution is -0.121. The van der Waals surface area contributed by atoms with Crippen LogP contribution in [-0.4, -0.2) is 40.0 Å². The molecule has 2 amide bonds. The maximum atomic E-state index is 13.1. The highest BCUT2D eigenvalue weighted by Crippen LogP contribution is 2.23. The second-order valence-corrected chi connectivity index (χ2v) is 6.91. The fourth-order valence-electron chi connectivity index (χ4n) is 3.42. The lowest BCUT2D eigenvalue weighted by Crippen LogP contribution is -2.43. The fourth-order valence-corrected chi connectivity index (χ4v) is 3.42. The average molecular weight is 394 g/mol. The second-order valence-electron chi connectivity index (χ2n) is 6.91. The number of aromatic nitrogens is 2. The van der Waals surface area contributed by atoms with Gasteiger partial charge in [-0.1, -0.05) is 6.07 Å². The molecule has 4 rings (SSSR count). The van der Waals surface area contributed by atoms with Crippen LogP contribution < -0.4 is 5.32 Å². The number of amides is 2. The van der Waals surface area contributed by atoms with Gasteiger partial charge in [0.2, 0.25) is 18.2 Å². The topological polar surface area (TPSA) is 88.3 Å². The molecule has 0 unspecified atom stereocenters. The van der Waals surface area contributed by atoms with E-state index in [1.54, 1.807) is 23.1 Å². The smallest absolute Gasteiger partial charge is 0.253 e. The van der Waals surface area contributed by atoms with E-state index in [1.165, 1.54) is 30.7 Å². The van der Waals surface area contributed by atoms with E-state index in [-0.39, 0.29) is 23.5 Å². The number of nitrogens with zero attached hydrogens (tertiary/aromatic N) is 3. The Hall–Kier alpha value is -3.55. The first-order valence-corrected chi connectivity index (χ1v) is 9.32. The van der Waals surface area contributed by atoms with Gasteiger partial charge in [0.05, 0.1) is 5.92 Å². The van der Waals surface area contributed by atoms with Crippen molar-refractivity contribution in [2.45, 2.75) is 12.8 Å². The number of anilines is 1. The minimum atomic E-state index is -0.389. The Bertz CT molecular complexity index is 1010. The average Bonchev–Trinajstić information content (AvgIpc) is 3.29. The van der Waals surface area contributed by atoms with Crippen molar-refractivity contribution in [3.05, 3.63) is 66.3 Å². The molecular formula is C21H19FN4O3. The van der Waals surface area contributed by atoms with Crippen LogP contribution in [0.4, 0.5) is 10.1 Å². The van der Waals surface area contributed by atoms with Gasteiger partial charge in [0.1, 0.15) is 5.82 Å². The monoisotopic (exact) mass is 394 g/mol. The fraction of sp³-hybridized carbons (Fsp3) is 0.238. The van der Waals surface area contributed by atoms with Gasteiger partial charge in [-0.15, -0.1) is 10.2 Å². The first kappa shape index (κ1) is 18.8. The molecule has 0 bridgehead atoms. The standard InChI is InChI=1S/C21H19FN4O3/c22-17-8-6-14(7-9-17)21(28)26-10-2-4-16(12-26)19(27)24-18-5-1-3-15(11-18)20-25-23-13-29-20/h1,3,5-9,11,13,16H,2,4,10,12H2,(H,24,27)/t16-/m1/s1. The van der Waals surface area contributed by atoms with E-state index in [2.05, 4.69) is 15.5 Å². The van der Waals surface area contributed by atoms with Crippen LogP contribution in [0.3, 0.4) is 0 Å². The van der Waals surface area contributed by atoms with Gasteiger partial charge in [0.25, 0.3) is 5.91 Å². The Morgan fingerprint density at radius 2 is 2.00 bits per heavy atom. The number of hydrogen-bond acceptors (Lipinski definition) is 5. The highest BCUT2D eigenvalue weighted by atomic mass is 19.1. The predicted octanol–water partition coefficient (Wildman–Crippen LogP) is 3.37. The predicted molar refractivity (Wildman–Crippen MR) is 103 cm³/mol. The van der Waals surface area contributed by atoms with E-state index in [4.69, 9.17) is 4.42 Å². The van der Waals surface area contributed by atoms with Crippen LogP contribution in [0.15, 0.2) is 59.3 Å². The van der Waals surface area contributed by atoms with Crippen molar-refractivity contribution in [2.75, 3.05) is 18.4 Å². The number of carbonyl (C=O) groups excluding carboxylic acids is 2. The maximum Gasteiger partial charge on any atom is 0.253 e. The molecule has 0 spiro atoms. The van der Waals surface area contributed by atoms with Gasteiger partial charge in [-0.3, -0.25) is 9.59 Å². The van der Waals surface area contributed by atoms with Gasteiger partial charge in [-0.25, -0.2) is 4.39 Å². The number of rotatable bonds is 4. The first-order valence-electron chi connectivity index (χ1n) is 9.32. The van der Waals surface area contributed by atoms with Gasteiger partial charge >= 0.3 is 0 Å². The molecule has 1 aromatic heterocycles. The lowest BCUT2D eigenvalue weighted by Gasteiger charge is -2.32. The van der Waals surface area contributed by atoms with Crippen LogP contribution in [0.25, 0.3) is 11.5 Å². The zero-order valence-electron chi connectivity index (χ0n) is 15.5. The highest BCUT2D eigenvalue weighted by molar-refractivity contribution is 5.96. The van der Waals surface area contributed by atoms with E-state index < -0.39 is 0 Å². The normalized spacial score (nSPS) is 16.4. The molecule has 7 nitrogen and oxygen atoms in total. The molecule has 29 heavy (non-hydrogen) atoms. The van der Waals surface area contributed by atoms with E-state index in [1.807, 2.05) is 6.07 Å². The van der Waals surface area contributed by atoms with Gasteiger partial charge in [-0.05, 0) is 55.3 Å². The Balaban J connectivity index is 1.42. The van der Waals surface area contributed by atoms with E-state index in [9.17, 15) is 14.0 Å². The Morgan fingerprint density at radius 3 is 2.76 bits per heavy atom. The van der Waals surface area contributed by atoms with Gasteiger partial charge in [-0.2, -0.15) is 0 Å². The molecule has 1 fully saturated rings. The van der Waals surface area contributed by atoms with Crippen molar-refractivity contribution in [3.63, 3.8) is 0 Å². The molecule has 1 N–H and O–H groups in total. The molecule has 148 valence electrons. The molecule has 2 heterocycles. The third-order valence-electron chi connectivity index (χ3n) is 4.91. The summed E-state index contributed by atoms with van der Waals surface area (Å²) < 4.78 is 18.3. The third-order valence-corrected chi connectivity index (χ3v) is 4.91. The molecule has 0 saturated carbocycles. The minimum absolute atomic E-state index is 0.149. The summed E-state index contributed by atoms with van der Waals surface area (Å²) in [4.78, 5) is 27.1. The molecular weight excluding hydrogens is 375 g/mol. The SMILES string of the molecule is O=C(Nc1cccc(-c2nnco2)c1)[C@@H]1CCCN(C(=O)c2ccc(F)cc2)C1. The van der Waals surface area contributed by atoms with Crippen LogP contribution in [0.2, 0.25) is 0 Å². The molecule has 3 aromatic rings. The van der Waals surface area contributed by atoms with Crippen molar-refractivity contribution in [2.24, 2.45) is 5.92 Å². The summed E-state index contributed by atoms with van der Waals surface area (Å²) in [6, 6.07) is 12.6. The van der Waals surface area contributed by atoms with Crippen LogP contribution in [0.5, 0.6) is 0 Å². The summed E-state index contributed by atoms with van der Waals surface area (Å²) in [7, 11) is 0. The van der Waals surface area contributed by atoms with Crippen molar-refractivity contribution < 1.29 is 18.4 Å². The number of likely N-dealkylation sites (tertiary alicyclic amines) is 1. The van der Waals surface area contributed by atoms with E-state index >= 15 is 0 Å². The van der Waals surface area contributed by atoms with Crippen molar-refractivity contribution in [3.8, 4) is 11.5 Å². The van der Waals surface area contributed by atoms with Crippen LogP contribution in [0.1, 0.15) is 23.2 Å². The number of nitrogens with one attached hydrogen (secondary N) is 1. The molecule has 1 saturated heterocycles. The molecule has 1 aliphatic heterocycles.